The van der Waals surface area contributed by atoms with Crippen molar-refractivity contribution in [3.05, 3.63) is 137 Å². The molecule has 0 bridgehead atoms. The highest BCUT2D eigenvalue weighted by Crippen LogP contribution is 2.48. The monoisotopic (exact) mass is 547 g/mol. The molecule has 8 rings (SSSR count). The molecule has 0 amide bonds. The van der Waals surface area contributed by atoms with E-state index in [0.29, 0.717) is 5.92 Å². The Hall–Kier alpha value is -4.31. The third-order valence-electron chi connectivity index (χ3n) is 8.16. The molecule has 0 spiro atoms. The average Bonchev–Trinajstić information content (AvgIpc) is 3.59. The zero-order chi connectivity index (χ0) is 26.6. The molecule has 0 saturated carbocycles. The molecule has 1 N–H and O–H groups in total. The first-order valence-corrected chi connectivity index (χ1v) is 15.2. The molecule has 2 heterocycles. The SMILES string of the molecule is N=Cc1ccc(C2C=Cc3sc4ccccc4c3C2)c2sc3c(-c4ccccc4)cc(-c4ccccc4)cc3c12. The first-order valence-electron chi connectivity index (χ1n) is 13.6. The van der Waals surface area contributed by atoms with E-state index < -0.39 is 0 Å². The lowest BCUT2D eigenvalue weighted by atomic mass is 9.85. The summed E-state index contributed by atoms with van der Waals surface area (Å²) < 4.78 is 3.96. The zero-order valence-corrected chi connectivity index (χ0v) is 23.4. The second-order valence-corrected chi connectivity index (χ2v) is 12.5. The van der Waals surface area contributed by atoms with E-state index in [9.17, 15) is 0 Å². The van der Waals surface area contributed by atoms with Crippen molar-refractivity contribution in [2.45, 2.75) is 12.3 Å². The Bertz CT molecular complexity index is 2100. The van der Waals surface area contributed by atoms with Gasteiger partial charge in [-0.25, -0.2) is 0 Å². The highest BCUT2D eigenvalue weighted by molar-refractivity contribution is 7.26. The number of fused-ring (bicyclic) bond motifs is 6. The van der Waals surface area contributed by atoms with Gasteiger partial charge in [0.25, 0.3) is 0 Å². The molecule has 7 aromatic rings. The fraction of sp³-hybridized carbons (Fsp3) is 0.0541. The predicted octanol–water partition coefficient (Wildman–Crippen LogP) is 11.0. The third kappa shape index (κ3) is 3.70. The minimum Gasteiger partial charge on any atom is -0.308 e. The summed E-state index contributed by atoms with van der Waals surface area (Å²) in [7, 11) is 0. The van der Waals surface area contributed by atoms with E-state index in [1.807, 2.05) is 22.7 Å². The van der Waals surface area contributed by atoms with Crippen LogP contribution >= 0.6 is 22.7 Å². The fourth-order valence-corrected chi connectivity index (χ4v) is 8.81. The Morgan fingerprint density at radius 1 is 0.675 bits per heavy atom. The average molecular weight is 548 g/mol. The highest BCUT2D eigenvalue weighted by atomic mass is 32.1. The molecule has 40 heavy (non-hydrogen) atoms. The second-order valence-electron chi connectivity index (χ2n) is 10.4. The van der Waals surface area contributed by atoms with Crippen molar-refractivity contribution in [3.8, 4) is 22.3 Å². The number of thiophene rings is 2. The highest BCUT2D eigenvalue weighted by Gasteiger charge is 2.24. The molecule has 1 unspecified atom stereocenters. The van der Waals surface area contributed by atoms with Crippen molar-refractivity contribution < 1.29 is 0 Å². The molecule has 190 valence electrons. The maximum atomic E-state index is 8.32. The van der Waals surface area contributed by atoms with Gasteiger partial charge < -0.3 is 5.41 Å². The largest absolute Gasteiger partial charge is 0.308 e. The standard InChI is InChI=1S/C37H25NS2/c38-22-26-15-17-28(25-16-18-34-31(19-25)29-13-7-8-14-33(29)39-34)37-35(26)32-21-27(23-9-3-1-4-10-23)20-30(36(32)40-37)24-11-5-2-6-12-24/h1-18,20-22,25,38H,19H2. The van der Waals surface area contributed by atoms with E-state index in [1.54, 1.807) is 0 Å². The van der Waals surface area contributed by atoms with Gasteiger partial charge in [0.05, 0.1) is 0 Å². The lowest BCUT2D eigenvalue weighted by Crippen LogP contribution is -2.04. The van der Waals surface area contributed by atoms with Gasteiger partial charge in [-0.3, -0.25) is 0 Å². The molecular formula is C37H25NS2. The lowest BCUT2D eigenvalue weighted by Gasteiger charge is -2.19. The lowest BCUT2D eigenvalue weighted by molar-refractivity contribution is 0.846. The summed E-state index contributed by atoms with van der Waals surface area (Å²) in [5.74, 6) is 0.301. The van der Waals surface area contributed by atoms with E-state index >= 15 is 0 Å². The molecular weight excluding hydrogens is 523 g/mol. The van der Waals surface area contributed by atoms with E-state index in [2.05, 4.69) is 121 Å². The van der Waals surface area contributed by atoms with E-state index in [0.717, 1.165) is 12.0 Å². The number of hydrogen-bond acceptors (Lipinski definition) is 3. The number of nitrogens with one attached hydrogen (secondary N) is 1. The van der Waals surface area contributed by atoms with Crippen LogP contribution in [0, 0.1) is 5.41 Å². The van der Waals surface area contributed by atoms with Crippen LogP contribution in [0.25, 0.3) is 58.6 Å². The Labute approximate surface area is 241 Å². The van der Waals surface area contributed by atoms with Crippen LogP contribution in [0.15, 0.2) is 115 Å². The van der Waals surface area contributed by atoms with Crippen LogP contribution in [-0.2, 0) is 6.42 Å². The molecule has 0 fully saturated rings. The van der Waals surface area contributed by atoms with Crippen LogP contribution in [0.3, 0.4) is 0 Å². The topological polar surface area (TPSA) is 23.9 Å². The quantitative estimate of drug-likeness (QED) is 0.212. The van der Waals surface area contributed by atoms with Crippen LogP contribution < -0.4 is 0 Å². The normalized spacial score (nSPS) is 14.7. The van der Waals surface area contributed by atoms with Crippen molar-refractivity contribution in [1.82, 2.24) is 0 Å². The summed E-state index contributed by atoms with van der Waals surface area (Å²) in [5.41, 5.74) is 8.71. The third-order valence-corrected chi connectivity index (χ3v) is 10.6. The molecule has 1 atom stereocenters. The molecule has 1 aliphatic rings. The molecule has 2 aromatic heterocycles. The first-order chi connectivity index (χ1) is 19.8. The van der Waals surface area contributed by atoms with Gasteiger partial charge in [-0.05, 0) is 63.9 Å². The second kappa shape index (κ2) is 9.41. The minimum absolute atomic E-state index is 0.301. The maximum absolute atomic E-state index is 8.32. The summed E-state index contributed by atoms with van der Waals surface area (Å²) in [4.78, 5) is 1.39. The van der Waals surface area contributed by atoms with Crippen molar-refractivity contribution in [3.63, 3.8) is 0 Å². The van der Waals surface area contributed by atoms with Gasteiger partial charge in [0, 0.05) is 53.0 Å². The summed E-state index contributed by atoms with van der Waals surface area (Å²) in [6, 6.07) is 39.3. The van der Waals surface area contributed by atoms with Gasteiger partial charge in [0.2, 0.25) is 0 Å². The minimum atomic E-state index is 0.301. The molecule has 1 aliphatic carbocycles. The van der Waals surface area contributed by atoms with Crippen LogP contribution in [0.5, 0.6) is 0 Å². The van der Waals surface area contributed by atoms with Gasteiger partial charge in [-0.2, -0.15) is 0 Å². The van der Waals surface area contributed by atoms with Crippen LogP contribution in [-0.4, -0.2) is 6.21 Å². The van der Waals surface area contributed by atoms with Gasteiger partial charge >= 0.3 is 0 Å². The van der Waals surface area contributed by atoms with Crippen LogP contribution in [0.1, 0.15) is 27.5 Å². The molecule has 5 aromatic carbocycles. The molecule has 1 nitrogen and oxygen atoms in total. The summed E-state index contributed by atoms with van der Waals surface area (Å²) in [5, 5.41) is 12.2. The number of rotatable bonds is 4. The molecule has 3 heteroatoms. The van der Waals surface area contributed by atoms with Crippen molar-refractivity contribution in [2.75, 3.05) is 0 Å². The Balaban J connectivity index is 1.39. The summed E-state index contributed by atoms with van der Waals surface area (Å²) >= 11 is 3.78. The predicted molar refractivity (Wildman–Crippen MR) is 175 cm³/mol. The Morgan fingerprint density at radius 2 is 1.43 bits per heavy atom. The molecule has 0 saturated heterocycles. The Morgan fingerprint density at radius 3 is 2.23 bits per heavy atom. The Kier molecular flexibility index (Phi) is 5.54. The van der Waals surface area contributed by atoms with Gasteiger partial charge in [0.15, 0.2) is 0 Å². The van der Waals surface area contributed by atoms with E-state index in [-0.39, 0.29) is 0 Å². The smallest absolute Gasteiger partial charge is 0.0434 e. The van der Waals surface area contributed by atoms with E-state index in [4.69, 9.17) is 5.41 Å². The number of allylic oxidation sites excluding steroid dienone is 1. The maximum Gasteiger partial charge on any atom is 0.0434 e. The van der Waals surface area contributed by atoms with E-state index in [1.165, 1.54) is 74.7 Å². The fourth-order valence-electron chi connectivity index (χ4n) is 6.24. The van der Waals surface area contributed by atoms with Crippen molar-refractivity contribution in [1.29, 1.82) is 5.41 Å². The zero-order valence-electron chi connectivity index (χ0n) is 21.7. The van der Waals surface area contributed by atoms with Crippen LogP contribution in [0.2, 0.25) is 0 Å². The number of benzene rings is 5. The number of hydrogen-bond donors (Lipinski definition) is 1. The van der Waals surface area contributed by atoms with Gasteiger partial charge in [-0.1, -0.05) is 97.1 Å². The van der Waals surface area contributed by atoms with Gasteiger partial charge in [-0.15, -0.1) is 22.7 Å². The molecule has 0 radical (unpaired) electrons. The molecule has 0 aliphatic heterocycles. The summed E-state index contributed by atoms with van der Waals surface area (Å²) in [6.45, 7) is 0. The van der Waals surface area contributed by atoms with Gasteiger partial charge in [0.1, 0.15) is 0 Å². The van der Waals surface area contributed by atoms with Crippen LogP contribution in [0.4, 0.5) is 0 Å². The van der Waals surface area contributed by atoms with Crippen molar-refractivity contribution >= 4 is 65.2 Å². The van der Waals surface area contributed by atoms with Crippen molar-refractivity contribution in [2.24, 2.45) is 0 Å². The first kappa shape index (κ1) is 23.6. The summed E-state index contributed by atoms with van der Waals surface area (Å²) in [6.07, 6.45) is 7.26.